The number of benzene rings is 8. The molecule has 3 heteroatoms. The van der Waals surface area contributed by atoms with Crippen molar-refractivity contribution < 1.29 is 0 Å². The molecule has 0 aliphatic heterocycles. The van der Waals surface area contributed by atoms with Crippen LogP contribution in [-0.4, -0.2) is 9.13 Å². The fraction of sp³-hybridized carbons (Fsp3) is 0. The third-order valence-corrected chi connectivity index (χ3v) is 11.7. The average Bonchev–Trinajstić information content (AvgIpc) is 3.86. The van der Waals surface area contributed by atoms with Crippen molar-refractivity contribution in [3.63, 3.8) is 0 Å². The van der Waals surface area contributed by atoms with Gasteiger partial charge in [0.2, 0.25) is 0 Å². The summed E-state index contributed by atoms with van der Waals surface area (Å²) in [5.74, 6) is 0. The first kappa shape index (κ1) is 28.4. The Kier molecular flexibility index (Phi) is 6.16. The SMILES string of the molecule is c1ccc(-n2c3ccccc3c3cc(-c4cccc(-c5cccc6c5sc5ccccc56)c4)c4c5ccccc5n(-c5ccccc5)c4c32)cc1. The number of hydrogen-bond donors (Lipinski definition) is 0. The monoisotopic (exact) mass is 666 g/mol. The summed E-state index contributed by atoms with van der Waals surface area (Å²) in [6.45, 7) is 0. The van der Waals surface area contributed by atoms with E-state index in [1.54, 1.807) is 0 Å². The third-order valence-electron chi connectivity index (χ3n) is 10.5. The van der Waals surface area contributed by atoms with Crippen molar-refractivity contribution in [1.82, 2.24) is 9.13 Å². The molecule has 0 saturated heterocycles. The molecule has 0 atom stereocenters. The summed E-state index contributed by atoms with van der Waals surface area (Å²) in [6, 6.07) is 66.6. The molecule has 11 aromatic rings. The molecule has 51 heavy (non-hydrogen) atoms. The van der Waals surface area contributed by atoms with E-state index in [-0.39, 0.29) is 0 Å². The highest BCUT2D eigenvalue weighted by Crippen LogP contribution is 2.47. The number of thiophene rings is 1. The quantitative estimate of drug-likeness (QED) is 0.177. The van der Waals surface area contributed by atoms with Gasteiger partial charge in [-0.1, -0.05) is 127 Å². The van der Waals surface area contributed by atoms with Crippen molar-refractivity contribution in [1.29, 1.82) is 0 Å². The van der Waals surface area contributed by atoms with E-state index in [0.717, 1.165) is 11.4 Å². The summed E-state index contributed by atoms with van der Waals surface area (Å²) >= 11 is 1.89. The summed E-state index contributed by atoms with van der Waals surface area (Å²) in [6.07, 6.45) is 0. The number of fused-ring (bicyclic) bond motifs is 10. The van der Waals surface area contributed by atoms with E-state index in [0.29, 0.717) is 0 Å². The standard InChI is InChI=1S/C48H30N2S/c1-3-17-33(18-4-1)49-42-26-10-7-21-36(42)41-30-40(45-39-23-8-11-27-43(39)50(47(45)46(41)49)34-19-5-2-6-20-34)32-16-13-15-31(29-32)35-24-14-25-38-37-22-9-12-28-44(37)51-48(35)38/h1-30H. The molecule has 0 spiro atoms. The van der Waals surface area contributed by atoms with Crippen molar-refractivity contribution in [2.45, 2.75) is 0 Å². The molecule has 0 saturated carbocycles. The maximum absolute atomic E-state index is 2.48. The van der Waals surface area contributed by atoms with Gasteiger partial charge in [0, 0.05) is 53.1 Å². The van der Waals surface area contributed by atoms with E-state index >= 15 is 0 Å². The molecule has 8 aromatic carbocycles. The van der Waals surface area contributed by atoms with Crippen LogP contribution in [0.2, 0.25) is 0 Å². The van der Waals surface area contributed by atoms with Gasteiger partial charge in [0.15, 0.2) is 0 Å². The van der Waals surface area contributed by atoms with Gasteiger partial charge in [-0.05, 0) is 76.9 Å². The highest BCUT2D eigenvalue weighted by molar-refractivity contribution is 7.26. The predicted octanol–water partition coefficient (Wildman–Crippen LogP) is 13.6. The second kappa shape index (κ2) is 11.0. The molecular weight excluding hydrogens is 637 g/mol. The maximum atomic E-state index is 2.48. The zero-order chi connectivity index (χ0) is 33.5. The molecule has 0 N–H and O–H groups in total. The number of para-hydroxylation sites is 4. The number of aromatic nitrogens is 2. The van der Waals surface area contributed by atoms with Crippen molar-refractivity contribution in [2.24, 2.45) is 0 Å². The van der Waals surface area contributed by atoms with E-state index in [1.165, 1.54) is 86.0 Å². The Morgan fingerprint density at radius 2 is 0.902 bits per heavy atom. The third kappa shape index (κ3) is 4.16. The van der Waals surface area contributed by atoms with Gasteiger partial charge in [-0.15, -0.1) is 11.3 Å². The van der Waals surface area contributed by atoms with E-state index in [1.807, 2.05) is 11.3 Å². The molecular formula is C48H30N2S. The molecule has 3 aromatic heterocycles. The largest absolute Gasteiger partial charge is 0.307 e. The lowest BCUT2D eigenvalue weighted by atomic mass is 9.93. The molecule has 3 heterocycles. The number of rotatable bonds is 4. The molecule has 2 nitrogen and oxygen atoms in total. The normalized spacial score (nSPS) is 11.9. The maximum Gasteiger partial charge on any atom is 0.0795 e. The molecule has 0 aliphatic rings. The minimum absolute atomic E-state index is 1.15. The lowest BCUT2D eigenvalue weighted by Crippen LogP contribution is -1.99. The predicted molar refractivity (Wildman–Crippen MR) is 219 cm³/mol. The smallest absolute Gasteiger partial charge is 0.0795 e. The van der Waals surface area contributed by atoms with Crippen LogP contribution in [0, 0.1) is 0 Å². The first-order valence-electron chi connectivity index (χ1n) is 17.4. The zero-order valence-corrected chi connectivity index (χ0v) is 28.4. The van der Waals surface area contributed by atoms with Gasteiger partial charge >= 0.3 is 0 Å². The van der Waals surface area contributed by atoms with Crippen molar-refractivity contribution in [2.75, 3.05) is 0 Å². The molecule has 0 radical (unpaired) electrons. The van der Waals surface area contributed by atoms with Crippen molar-refractivity contribution >= 4 is 75.1 Å². The Morgan fingerprint density at radius 1 is 0.353 bits per heavy atom. The number of nitrogens with zero attached hydrogens (tertiary/aromatic N) is 2. The van der Waals surface area contributed by atoms with Gasteiger partial charge in [-0.25, -0.2) is 0 Å². The second-order valence-corrected chi connectivity index (χ2v) is 14.3. The molecule has 0 bridgehead atoms. The average molecular weight is 667 g/mol. The molecule has 0 amide bonds. The fourth-order valence-corrected chi connectivity index (χ4v) is 9.58. The van der Waals surface area contributed by atoms with Gasteiger partial charge in [-0.2, -0.15) is 0 Å². The Morgan fingerprint density at radius 3 is 1.65 bits per heavy atom. The molecule has 0 unspecified atom stereocenters. The first-order chi connectivity index (χ1) is 25.3. The van der Waals surface area contributed by atoms with Gasteiger partial charge in [0.05, 0.1) is 22.1 Å². The highest BCUT2D eigenvalue weighted by Gasteiger charge is 2.24. The van der Waals surface area contributed by atoms with E-state index in [9.17, 15) is 0 Å². The van der Waals surface area contributed by atoms with Gasteiger partial charge in [0.1, 0.15) is 0 Å². The molecule has 0 aliphatic carbocycles. The van der Waals surface area contributed by atoms with Gasteiger partial charge < -0.3 is 9.13 Å². The Bertz CT molecular complexity index is 3130. The van der Waals surface area contributed by atoms with Crippen LogP contribution in [-0.2, 0) is 0 Å². The van der Waals surface area contributed by atoms with Gasteiger partial charge in [-0.3, -0.25) is 0 Å². The second-order valence-electron chi connectivity index (χ2n) is 13.3. The van der Waals surface area contributed by atoms with Crippen LogP contribution >= 0.6 is 11.3 Å². The topological polar surface area (TPSA) is 9.86 Å². The van der Waals surface area contributed by atoms with Crippen molar-refractivity contribution in [3.05, 3.63) is 182 Å². The van der Waals surface area contributed by atoms with Crippen LogP contribution in [0.5, 0.6) is 0 Å². The molecule has 0 fully saturated rings. The highest BCUT2D eigenvalue weighted by atomic mass is 32.1. The minimum Gasteiger partial charge on any atom is -0.307 e. The van der Waals surface area contributed by atoms with E-state index in [2.05, 4.69) is 191 Å². The molecule has 238 valence electrons. The lowest BCUT2D eigenvalue weighted by Gasteiger charge is -2.14. The summed E-state index contributed by atoms with van der Waals surface area (Å²) < 4.78 is 7.61. The summed E-state index contributed by atoms with van der Waals surface area (Å²) in [7, 11) is 0. The first-order valence-corrected chi connectivity index (χ1v) is 18.3. The van der Waals surface area contributed by atoms with Gasteiger partial charge in [0.25, 0.3) is 0 Å². The fourth-order valence-electron chi connectivity index (χ4n) is 8.34. The van der Waals surface area contributed by atoms with Crippen LogP contribution in [0.3, 0.4) is 0 Å². The van der Waals surface area contributed by atoms with Crippen LogP contribution in [0.4, 0.5) is 0 Å². The summed E-state index contributed by atoms with van der Waals surface area (Å²) in [5, 5.41) is 7.65. The summed E-state index contributed by atoms with van der Waals surface area (Å²) in [5.41, 5.74) is 12.1. The Labute approximate surface area is 298 Å². The number of hydrogen-bond acceptors (Lipinski definition) is 1. The summed E-state index contributed by atoms with van der Waals surface area (Å²) in [4.78, 5) is 0. The van der Waals surface area contributed by atoms with Crippen LogP contribution in [0.15, 0.2) is 182 Å². The van der Waals surface area contributed by atoms with Crippen LogP contribution < -0.4 is 0 Å². The van der Waals surface area contributed by atoms with Crippen LogP contribution in [0.25, 0.3) is 97.4 Å². The van der Waals surface area contributed by atoms with Crippen LogP contribution in [0.1, 0.15) is 0 Å². The minimum atomic E-state index is 1.15. The lowest BCUT2D eigenvalue weighted by molar-refractivity contribution is 1.15. The van der Waals surface area contributed by atoms with Crippen molar-refractivity contribution in [3.8, 4) is 33.6 Å². The zero-order valence-electron chi connectivity index (χ0n) is 27.6. The molecule has 11 rings (SSSR count). The van der Waals surface area contributed by atoms with E-state index in [4.69, 9.17) is 0 Å². The Balaban J connectivity index is 1.30. The van der Waals surface area contributed by atoms with E-state index < -0.39 is 0 Å². The Hall–Kier alpha value is -6.42.